The van der Waals surface area contributed by atoms with Gasteiger partial charge >= 0.3 is 11.9 Å². The van der Waals surface area contributed by atoms with Crippen LogP contribution in [0.25, 0.3) is 0 Å². The van der Waals surface area contributed by atoms with Crippen molar-refractivity contribution in [3.63, 3.8) is 0 Å². The van der Waals surface area contributed by atoms with Gasteiger partial charge in [-0.1, -0.05) is 0 Å². The number of hydrogen-bond acceptors (Lipinski definition) is 7. The van der Waals surface area contributed by atoms with E-state index in [2.05, 4.69) is 5.32 Å². The Bertz CT molecular complexity index is 370. The SMILES string of the molecule is CCOC(=O)C(NC(=O)CCSCC(N)=O)C(=O)OCC. The number of thioether (sulfide) groups is 1. The number of amides is 2. The fourth-order valence-electron chi connectivity index (χ4n) is 1.24. The lowest BCUT2D eigenvalue weighted by molar-refractivity contribution is -0.159. The highest BCUT2D eigenvalue weighted by molar-refractivity contribution is 7.99. The van der Waals surface area contributed by atoms with Crippen LogP contribution in [0.2, 0.25) is 0 Å². The second-order valence-electron chi connectivity index (χ2n) is 3.77. The Morgan fingerprint density at radius 3 is 2.05 bits per heavy atom. The van der Waals surface area contributed by atoms with Crippen LogP contribution >= 0.6 is 11.8 Å². The summed E-state index contributed by atoms with van der Waals surface area (Å²) in [6, 6.07) is -1.47. The molecule has 0 atom stereocenters. The van der Waals surface area contributed by atoms with E-state index in [9.17, 15) is 19.2 Å². The molecule has 0 aromatic heterocycles. The smallest absolute Gasteiger partial charge is 0.340 e. The highest BCUT2D eigenvalue weighted by Gasteiger charge is 2.30. The first kappa shape index (κ1) is 19.2. The molecule has 0 saturated heterocycles. The summed E-state index contributed by atoms with van der Waals surface area (Å²) in [6.45, 7) is 3.34. The van der Waals surface area contributed by atoms with Crippen molar-refractivity contribution in [3.8, 4) is 0 Å². The maximum absolute atomic E-state index is 11.7. The highest BCUT2D eigenvalue weighted by Crippen LogP contribution is 2.02. The van der Waals surface area contributed by atoms with Gasteiger partial charge < -0.3 is 20.5 Å². The number of ether oxygens (including phenoxy) is 2. The molecule has 0 bridgehead atoms. The van der Waals surface area contributed by atoms with Gasteiger partial charge in [0, 0.05) is 12.2 Å². The summed E-state index contributed by atoms with van der Waals surface area (Å²) in [6.07, 6.45) is 0.0350. The Balaban J connectivity index is 4.37. The van der Waals surface area contributed by atoms with E-state index in [0.717, 1.165) is 0 Å². The zero-order chi connectivity index (χ0) is 16.3. The van der Waals surface area contributed by atoms with Gasteiger partial charge in [-0.2, -0.15) is 11.8 Å². The van der Waals surface area contributed by atoms with Gasteiger partial charge in [0.2, 0.25) is 17.9 Å². The van der Waals surface area contributed by atoms with Crippen molar-refractivity contribution in [3.05, 3.63) is 0 Å². The van der Waals surface area contributed by atoms with Gasteiger partial charge in [0.05, 0.1) is 19.0 Å². The van der Waals surface area contributed by atoms with Gasteiger partial charge in [-0.3, -0.25) is 9.59 Å². The van der Waals surface area contributed by atoms with Gasteiger partial charge in [-0.15, -0.1) is 0 Å². The monoisotopic (exact) mass is 320 g/mol. The van der Waals surface area contributed by atoms with Gasteiger partial charge in [0.15, 0.2) is 0 Å². The number of nitrogens with one attached hydrogen (secondary N) is 1. The van der Waals surface area contributed by atoms with Crippen molar-refractivity contribution in [2.45, 2.75) is 26.3 Å². The Hall–Kier alpha value is -1.77. The van der Waals surface area contributed by atoms with Crippen LogP contribution in [0, 0.1) is 0 Å². The molecule has 0 rings (SSSR count). The molecule has 0 aromatic carbocycles. The Morgan fingerprint density at radius 1 is 1.10 bits per heavy atom. The van der Waals surface area contributed by atoms with E-state index < -0.39 is 29.8 Å². The first-order chi connectivity index (χ1) is 9.92. The fourth-order valence-corrected chi connectivity index (χ4v) is 1.91. The molecule has 0 fully saturated rings. The predicted octanol–water partition coefficient (Wildman–Crippen LogP) is -0.794. The number of hydrogen-bond donors (Lipinski definition) is 2. The molecule has 21 heavy (non-hydrogen) atoms. The van der Waals surface area contributed by atoms with Crippen LogP contribution in [-0.2, 0) is 28.7 Å². The summed E-state index contributed by atoms with van der Waals surface area (Å²) in [5.41, 5.74) is 4.95. The lowest BCUT2D eigenvalue weighted by Crippen LogP contribution is -2.48. The molecule has 0 aromatic rings. The minimum absolute atomic E-state index is 0.0350. The summed E-state index contributed by atoms with van der Waals surface area (Å²) >= 11 is 1.19. The average Bonchev–Trinajstić information content (AvgIpc) is 2.41. The molecular weight excluding hydrogens is 300 g/mol. The van der Waals surface area contributed by atoms with Gasteiger partial charge in [0.25, 0.3) is 0 Å². The summed E-state index contributed by atoms with van der Waals surface area (Å²) in [5.74, 6) is -2.28. The van der Waals surface area contributed by atoms with Crippen molar-refractivity contribution in [2.24, 2.45) is 5.73 Å². The van der Waals surface area contributed by atoms with E-state index in [1.165, 1.54) is 11.8 Å². The number of rotatable bonds is 10. The molecule has 0 radical (unpaired) electrons. The largest absolute Gasteiger partial charge is 0.464 e. The molecule has 0 saturated carbocycles. The minimum Gasteiger partial charge on any atom is -0.464 e. The van der Waals surface area contributed by atoms with Crippen molar-refractivity contribution < 1.29 is 28.7 Å². The van der Waals surface area contributed by atoms with Crippen molar-refractivity contribution >= 4 is 35.5 Å². The number of nitrogens with two attached hydrogens (primary N) is 1. The van der Waals surface area contributed by atoms with Crippen LogP contribution in [0.1, 0.15) is 20.3 Å². The number of carbonyl (C=O) groups excluding carboxylic acids is 4. The first-order valence-electron chi connectivity index (χ1n) is 6.41. The van der Waals surface area contributed by atoms with Crippen molar-refractivity contribution in [2.75, 3.05) is 24.7 Å². The topological polar surface area (TPSA) is 125 Å². The van der Waals surface area contributed by atoms with Gasteiger partial charge in [0.1, 0.15) is 0 Å². The van der Waals surface area contributed by atoms with Crippen LogP contribution in [-0.4, -0.2) is 54.5 Å². The summed E-state index contributed by atoms with van der Waals surface area (Å²) in [4.78, 5) is 45.4. The standard InChI is InChI=1S/C12H20N2O6S/c1-3-19-11(17)10(12(18)20-4-2)14-9(16)5-6-21-7-8(13)15/h10H,3-7H2,1-2H3,(H2,13,15)(H,14,16). The number of carbonyl (C=O) groups is 4. The average molecular weight is 320 g/mol. The Labute approximate surface area is 127 Å². The van der Waals surface area contributed by atoms with Crippen LogP contribution in [0.4, 0.5) is 0 Å². The molecule has 2 amide bonds. The van der Waals surface area contributed by atoms with Crippen LogP contribution in [0.3, 0.4) is 0 Å². The van der Waals surface area contributed by atoms with Crippen LogP contribution in [0.5, 0.6) is 0 Å². The fraction of sp³-hybridized carbons (Fsp3) is 0.667. The molecule has 3 N–H and O–H groups in total. The van der Waals surface area contributed by atoms with E-state index in [-0.39, 0.29) is 25.4 Å². The lowest BCUT2D eigenvalue weighted by Gasteiger charge is -2.15. The molecule has 0 heterocycles. The van der Waals surface area contributed by atoms with E-state index in [0.29, 0.717) is 5.75 Å². The minimum atomic E-state index is -1.47. The van der Waals surface area contributed by atoms with Crippen molar-refractivity contribution in [1.29, 1.82) is 0 Å². The normalized spacial score (nSPS) is 10.0. The van der Waals surface area contributed by atoms with E-state index in [4.69, 9.17) is 15.2 Å². The third kappa shape index (κ3) is 8.90. The molecular formula is C12H20N2O6S. The maximum atomic E-state index is 11.7. The van der Waals surface area contributed by atoms with Gasteiger partial charge in [-0.25, -0.2) is 9.59 Å². The van der Waals surface area contributed by atoms with E-state index >= 15 is 0 Å². The molecule has 120 valence electrons. The highest BCUT2D eigenvalue weighted by atomic mass is 32.2. The molecule has 0 spiro atoms. The first-order valence-corrected chi connectivity index (χ1v) is 7.56. The molecule has 0 aliphatic heterocycles. The zero-order valence-electron chi connectivity index (χ0n) is 12.0. The molecule has 0 aliphatic rings. The third-order valence-corrected chi connectivity index (χ3v) is 3.05. The number of esters is 2. The summed E-state index contributed by atoms with van der Waals surface area (Å²) in [5, 5.41) is 2.26. The van der Waals surface area contributed by atoms with Gasteiger partial charge in [-0.05, 0) is 13.8 Å². The number of primary amides is 1. The summed E-state index contributed by atoms with van der Waals surface area (Å²) in [7, 11) is 0. The molecule has 8 nitrogen and oxygen atoms in total. The van der Waals surface area contributed by atoms with Crippen LogP contribution in [0.15, 0.2) is 0 Å². The zero-order valence-corrected chi connectivity index (χ0v) is 12.9. The maximum Gasteiger partial charge on any atom is 0.340 e. The predicted molar refractivity (Wildman–Crippen MR) is 76.3 cm³/mol. The second kappa shape index (κ2) is 11.0. The van der Waals surface area contributed by atoms with Crippen molar-refractivity contribution in [1.82, 2.24) is 5.32 Å². The van der Waals surface area contributed by atoms with Crippen LogP contribution < -0.4 is 11.1 Å². The Kier molecular flexibility index (Phi) is 10.0. The molecule has 0 aliphatic carbocycles. The second-order valence-corrected chi connectivity index (χ2v) is 4.88. The Morgan fingerprint density at radius 2 is 1.62 bits per heavy atom. The van der Waals surface area contributed by atoms with E-state index in [1.807, 2.05) is 0 Å². The molecule has 0 unspecified atom stereocenters. The molecule has 9 heteroatoms. The lowest BCUT2D eigenvalue weighted by atomic mass is 10.3. The summed E-state index contributed by atoms with van der Waals surface area (Å²) < 4.78 is 9.42. The van der Waals surface area contributed by atoms with E-state index in [1.54, 1.807) is 13.8 Å². The third-order valence-electron chi connectivity index (χ3n) is 2.07. The quantitative estimate of drug-likeness (QED) is 0.307.